The molecule has 11 heteroatoms. The van der Waals surface area contributed by atoms with E-state index in [1.807, 2.05) is 0 Å². The highest BCUT2D eigenvalue weighted by atomic mass is 32.2. The molecular formula is C19H19FN6O3S. The largest absolute Gasteiger partial charge is 0.482 e. The highest BCUT2D eigenvalue weighted by molar-refractivity contribution is 7.99. The molecule has 2 amide bonds. The van der Waals surface area contributed by atoms with Gasteiger partial charge in [0.25, 0.3) is 0 Å². The Bertz CT molecular complexity index is 1040. The first-order valence-corrected chi connectivity index (χ1v) is 9.78. The van der Waals surface area contributed by atoms with E-state index in [0.29, 0.717) is 16.5 Å². The second-order valence-corrected chi connectivity index (χ2v) is 7.03. The van der Waals surface area contributed by atoms with Crippen molar-refractivity contribution in [3.63, 3.8) is 0 Å². The van der Waals surface area contributed by atoms with E-state index in [4.69, 9.17) is 10.6 Å². The fourth-order valence-electron chi connectivity index (χ4n) is 2.38. The number of benzene rings is 2. The first-order valence-electron chi connectivity index (χ1n) is 8.79. The van der Waals surface area contributed by atoms with Crippen LogP contribution in [0.5, 0.6) is 5.75 Å². The molecule has 0 fully saturated rings. The second kappa shape index (κ2) is 9.74. The predicted octanol–water partition coefficient (Wildman–Crippen LogP) is 2.40. The van der Waals surface area contributed by atoms with E-state index in [9.17, 15) is 14.0 Å². The number of ether oxygens (including phenoxy) is 1. The average molecular weight is 430 g/mol. The molecule has 9 nitrogen and oxygen atoms in total. The molecule has 0 radical (unpaired) electrons. The maximum absolute atomic E-state index is 13.6. The van der Waals surface area contributed by atoms with E-state index in [2.05, 4.69) is 20.8 Å². The number of carbonyl (C=O) groups is 2. The summed E-state index contributed by atoms with van der Waals surface area (Å²) in [6.07, 6.45) is 0. The zero-order valence-corrected chi connectivity index (χ0v) is 16.8. The number of para-hydroxylation sites is 1. The highest BCUT2D eigenvalue weighted by Gasteiger charge is 2.14. The lowest BCUT2D eigenvalue weighted by molar-refractivity contribution is -0.114. The van der Waals surface area contributed by atoms with Crippen LogP contribution in [0, 0.1) is 5.82 Å². The van der Waals surface area contributed by atoms with E-state index < -0.39 is 5.82 Å². The number of thioether (sulfide) groups is 1. The fourth-order valence-corrected chi connectivity index (χ4v) is 3.05. The molecular weight excluding hydrogens is 411 g/mol. The number of hydrogen-bond donors (Lipinski definition) is 3. The number of nitrogen functional groups attached to an aromatic ring is 1. The van der Waals surface area contributed by atoms with Gasteiger partial charge in [0, 0.05) is 18.3 Å². The quantitative estimate of drug-likeness (QED) is 0.370. The van der Waals surface area contributed by atoms with Crippen LogP contribution in [-0.2, 0) is 16.2 Å². The molecule has 1 heterocycles. The molecule has 0 unspecified atom stereocenters. The number of aromatic nitrogens is 3. The fraction of sp³-hybridized carbons (Fsp3) is 0.158. The van der Waals surface area contributed by atoms with Crippen molar-refractivity contribution in [3.05, 3.63) is 60.2 Å². The van der Waals surface area contributed by atoms with E-state index in [1.165, 1.54) is 23.7 Å². The van der Waals surface area contributed by atoms with Crippen LogP contribution in [-0.4, -0.2) is 32.4 Å². The molecule has 2 aromatic carbocycles. The Morgan fingerprint density at radius 2 is 1.77 bits per heavy atom. The summed E-state index contributed by atoms with van der Waals surface area (Å²) in [5.74, 6) is 5.43. The number of nitrogens with zero attached hydrogens (tertiary/aromatic N) is 3. The number of hydrogen-bond acceptors (Lipinski definition) is 7. The van der Waals surface area contributed by atoms with Crippen molar-refractivity contribution < 1.29 is 18.7 Å². The average Bonchev–Trinajstić information content (AvgIpc) is 3.06. The van der Waals surface area contributed by atoms with Gasteiger partial charge in [-0.05, 0) is 36.4 Å². The standard InChI is InChI=1S/C19H19FN6O3S/c1-12(27)22-13-6-8-14(9-7-13)23-18(28)11-30-19-25-24-17(26(19)21)10-29-16-5-3-2-4-15(16)20/h2-9H,10-11,21H2,1H3,(H,22,27)(H,23,28). The number of rotatable bonds is 8. The number of anilines is 2. The van der Waals surface area contributed by atoms with Gasteiger partial charge < -0.3 is 21.2 Å². The third kappa shape index (κ3) is 5.70. The molecule has 3 aromatic rings. The monoisotopic (exact) mass is 430 g/mol. The minimum absolute atomic E-state index is 0.0525. The molecule has 0 bridgehead atoms. The Kier molecular flexibility index (Phi) is 6.86. The first kappa shape index (κ1) is 21.1. The van der Waals surface area contributed by atoms with Gasteiger partial charge in [0.15, 0.2) is 17.4 Å². The number of nitrogens with one attached hydrogen (secondary N) is 2. The molecule has 0 aliphatic rings. The van der Waals surface area contributed by atoms with Crippen LogP contribution >= 0.6 is 11.8 Å². The summed E-state index contributed by atoms with van der Waals surface area (Å²) in [7, 11) is 0. The Morgan fingerprint density at radius 3 is 2.43 bits per heavy atom. The van der Waals surface area contributed by atoms with Crippen molar-refractivity contribution in [3.8, 4) is 5.75 Å². The Balaban J connectivity index is 1.50. The number of carbonyl (C=O) groups excluding carboxylic acids is 2. The van der Waals surface area contributed by atoms with Gasteiger partial charge in [-0.2, -0.15) is 0 Å². The van der Waals surface area contributed by atoms with E-state index in [1.54, 1.807) is 36.4 Å². The topological polar surface area (TPSA) is 124 Å². The highest BCUT2D eigenvalue weighted by Crippen LogP contribution is 2.19. The van der Waals surface area contributed by atoms with Crippen molar-refractivity contribution in [2.75, 3.05) is 22.2 Å². The second-order valence-electron chi connectivity index (χ2n) is 6.08. The number of nitrogens with two attached hydrogens (primary N) is 1. The summed E-state index contributed by atoms with van der Waals surface area (Å²) >= 11 is 1.10. The summed E-state index contributed by atoms with van der Waals surface area (Å²) in [6.45, 7) is 1.35. The molecule has 1 aromatic heterocycles. The van der Waals surface area contributed by atoms with Gasteiger partial charge in [0.05, 0.1) is 5.75 Å². The Labute approximate surface area is 175 Å². The van der Waals surface area contributed by atoms with E-state index in [0.717, 1.165) is 11.8 Å². The van der Waals surface area contributed by atoms with Crippen LogP contribution in [0.2, 0.25) is 0 Å². The van der Waals surface area contributed by atoms with Crippen molar-refractivity contribution in [2.24, 2.45) is 0 Å². The van der Waals surface area contributed by atoms with Gasteiger partial charge in [0.2, 0.25) is 17.0 Å². The molecule has 3 rings (SSSR count). The van der Waals surface area contributed by atoms with Crippen LogP contribution in [0.3, 0.4) is 0 Å². The molecule has 4 N–H and O–H groups in total. The maximum Gasteiger partial charge on any atom is 0.234 e. The normalized spacial score (nSPS) is 10.5. The molecule has 0 saturated heterocycles. The van der Waals surface area contributed by atoms with Crippen LogP contribution in [0.1, 0.15) is 12.7 Å². The lowest BCUT2D eigenvalue weighted by Gasteiger charge is -2.08. The first-order chi connectivity index (χ1) is 14.4. The van der Waals surface area contributed by atoms with Gasteiger partial charge in [-0.15, -0.1) is 10.2 Å². The molecule has 0 aliphatic heterocycles. The van der Waals surface area contributed by atoms with E-state index in [-0.39, 0.29) is 35.7 Å². The summed E-state index contributed by atoms with van der Waals surface area (Å²) in [5.41, 5.74) is 1.22. The van der Waals surface area contributed by atoms with Crippen LogP contribution in [0.25, 0.3) is 0 Å². The molecule has 0 spiro atoms. The zero-order chi connectivity index (χ0) is 21.5. The third-order valence-electron chi connectivity index (χ3n) is 3.75. The van der Waals surface area contributed by atoms with Crippen LogP contribution < -0.4 is 21.2 Å². The smallest absolute Gasteiger partial charge is 0.234 e. The van der Waals surface area contributed by atoms with Crippen molar-refractivity contribution >= 4 is 35.0 Å². The Hall–Kier alpha value is -3.60. The molecule has 0 aliphatic carbocycles. The third-order valence-corrected chi connectivity index (χ3v) is 4.69. The van der Waals surface area contributed by atoms with Gasteiger partial charge in [-0.25, -0.2) is 9.07 Å². The van der Waals surface area contributed by atoms with Gasteiger partial charge in [-0.3, -0.25) is 9.59 Å². The van der Waals surface area contributed by atoms with Crippen LogP contribution in [0.15, 0.2) is 53.7 Å². The maximum atomic E-state index is 13.6. The summed E-state index contributed by atoms with van der Waals surface area (Å²) < 4.78 is 20.2. The molecule has 0 saturated carbocycles. The van der Waals surface area contributed by atoms with Gasteiger partial charge in [0.1, 0.15) is 6.61 Å². The lowest BCUT2D eigenvalue weighted by Crippen LogP contribution is -2.18. The van der Waals surface area contributed by atoms with Gasteiger partial charge in [-0.1, -0.05) is 23.9 Å². The van der Waals surface area contributed by atoms with E-state index >= 15 is 0 Å². The number of amides is 2. The SMILES string of the molecule is CC(=O)Nc1ccc(NC(=O)CSc2nnc(COc3ccccc3F)n2N)cc1. The predicted molar refractivity (Wildman–Crippen MR) is 111 cm³/mol. The Morgan fingerprint density at radius 1 is 1.10 bits per heavy atom. The summed E-state index contributed by atoms with van der Waals surface area (Å²) in [6, 6.07) is 12.7. The van der Waals surface area contributed by atoms with Crippen molar-refractivity contribution in [2.45, 2.75) is 18.7 Å². The number of halogens is 1. The molecule has 0 atom stereocenters. The molecule has 156 valence electrons. The summed E-state index contributed by atoms with van der Waals surface area (Å²) in [4.78, 5) is 23.2. The minimum atomic E-state index is -0.489. The zero-order valence-electron chi connectivity index (χ0n) is 16.0. The van der Waals surface area contributed by atoms with Crippen molar-refractivity contribution in [1.29, 1.82) is 0 Å². The molecule has 30 heavy (non-hydrogen) atoms. The van der Waals surface area contributed by atoms with Gasteiger partial charge >= 0.3 is 0 Å². The van der Waals surface area contributed by atoms with Crippen molar-refractivity contribution in [1.82, 2.24) is 14.9 Å². The summed E-state index contributed by atoms with van der Waals surface area (Å²) in [5, 5.41) is 13.5. The minimum Gasteiger partial charge on any atom is -0.482 e. The van der Waals surface area contributed by atoms with Crippen LogP contribution in [0.4, 0.5) is 15.8 Å². The lowest BCUT2D eigenvalue weighted by atomic mass is 10.3.